The van der Waals surface area contributed by atoms with Crippen LogP contribution in [0.5, 0.6) is 0 Å². The predicted octanol–water partition coefficient (Wildman–Crippen LogP) is 4.98. The Morgan fingerprint density at radius 2 is 2.06 bits per heavy atom. The third kappa shape index (κ3) is 3.44. The average molecular weight is 324 g/mol. The van der Waals surface area contributed by atoms with Gasteiger partial charge in [0.25, 0.3) is 0 Å². The fourth-order valence-electron chi connectivity index (χ4n) is 2.02. The first-order valence-electron chi connectivity index (χ1n) is 6.11. The molecule has 0 aliphatic rings. The maximum atomic E-state index is 3.58. The van der Waals surface area contributed by atoms with Gasteiger partial charge in [-0.05, 0) is 50.1 Å². The van der Waals surface area contributed by atoms with Gasteiger partial charge in [0.1, 0.15) is 0 Å². The molecule has 0 aliphatic carbocycles. The Balaban J connectivity index is 2.00. The highest BCUT2D eigenvalue weighted by Crippen LogP contribution is 2.22. The van der Waals surface area contributed by atoms with E-state index in [4.69, 9.17) is 0 Å². The lowest BCUT2D eigenvalue weighted by Crippen LogP contribution is -2.18. The summed E-state index contributed by atoms with van der Waals surface area (Å²) in [5.74, 6) is 0. The number of aryl methyl sites for hydroxylation is 2. The highest BCUT2D eigenvalue weighted by molar-refractivity contribution is 9.10. The quantitative estimate of drug-likeness (QED) is 0.836. The van der Waals surface area contributed by atoms with Gasteiger partial charge in [0.15, 0.2) is 0 Å². The van der Waals surface area contributed by atoms with Gasteiger partial charge in [0, 0.05) is 26.8 Å². The summed E-state index contributed by atoms with van der Waals surface area (Å²) in [6.07, 6.45) is 0. The van der Waals surface area contributed by atoms with Gasteiger partial charge in [-0.25, -0.2) is 0 Å². The van der Waals surface area contributed by atoms with Crippen LogP contribution in [0.3, 0.4) is 0 Å². The maximum Gasteiger partial charge on any atom is 0.0295 e. The minimum absolute atomic E-state index is 0.363. The Labute approximate surface area is 121 Å². The third-order valence-corrected chi connectivity index (χ3v) is 4.59. The van der Waals surface area contributed by atoms with Crippen LogP contribution in [0.1, 0.15) is 33.8 Å². The first-order chi connectivity index (χ1) is 8.56. The van der Waals surface area contributed by atoms with Crippen molar-refractivity contribution >= 4 is 27.3 Å². The molecular weight excluding hydrogens is 306 g/mol. The molecule has 0 fully saturated rings. The van der Waals surface area contributed by atoms with Crippen molar-refractivity contribution in [1.82, 2.24) is 5.32 Å². The topological polar surface area (TPSA) is 12.0 Å². The van der Waals surface area contributed by atoms with E-state index in [1.807, 2.05) is 11.3 Å². The molecule has 1 N–H and O–H groups in total. The number of benzene rings is 1. The van der Waals surface area contributed by atoms with E-state index in [1.54, 1.807) is 0 Å². The normalized spacial score (nSPS) is 12.7. The van der Waals surface area contributed by atoms with Crippen LogP contribution in [0.15, 0.2) is 34.8 Å². The molecule has 2 rings (SSSR count). The minimum atomic E-state index is 0.363. The van der Waals surface area contributed by atoms with E-state index >= 15 is 0 Å². The standard InChI is InChI=1S/C15H18BrNS/c1-10-7-14(12(3)18-10)9-17-11(2)13-5-4-6-15(16)8-13/h4-8,11,17H,9H2,1-3H3/t11-/m1/s1. The molecule has 0 aliphatic heterocycles. The Hall–Kier alpha value is -0.640. The van der Waals surface area contributed by atoms with E-state index < -0.39 is 0 Å². The fraction of sp³-hybridized carbons (Fsp3) is 0.333. The predicted molar refractivity (Wildman–Crippen MR) is 83.2 cm³/mol. The molecule has 1 aromatic carbocycles. The van der Waals surface area contributed by atoms with Gasteiger partial charge in [0.2, 0.25) is 0 Å². The summed E-state index contributed by atoms with van der Waals surface area (Å²) in [5.41, 5.74) is 2.73. The van der Waals surface area contributed by atoms with E-state index in [0.29, 0.717) is 6.04 Å². The zero-order valence-electron chi connectivity index (χ0n) is 11.0. The summed E-state index contributed by atoms with van der Waals surface area (Å²) < 4.78 is 1.14. The summed E-state index contributed by atoms with van der Waals surface area (Å²) in [6.45, 7) is 7.50. The molecule has 1 heterocycles. The molecule has 0 bridgehead atoms. The highest BCUT2D eigenvalue weighted by Gasteiger charge is 2.07. The smallest absolute Gasteiger partial charge is 0.0295 e. The Bertz CT molecular complexity index is 533. The fourth-order valence-corrected chi connectivity index (χ4v) is 3.38. The number of rotatable bonds is 4. The largest absolute Gasteiger partial charge is 0.306 e. The number of hydrogen-bond donors (Lipinski definition) is 1. The first-order valence-corrected chi connectivity index (χ1v) is 7.72. The molecule has 0 saturated carbocycles. The van der Waals surface area contributed by atoms with Crippen LogP contribution >= 0.6 is 27.3 Å². The summed E-state index contributed by atoms with van der Waals surface area (Å²) in [6, 6.07) is 11.1. The lowest BCUT2D eigenvalue weighted by atomic mass is 10.1. The van der Waals surface area contributed by atoms with Crippen LogP contribution in [0.4, 0.5) is 0 Å². The maximum absolute atomic E-state index is 3.58. The summed E-state index contributed by atoms with van der Waals surface area (Å²) >= 11 is 5.39. The molecule has 0 radical (unpaired) electrons. The van der Waals surface area contributed by atoms with E-state index in [1.165, 1.54) is 20.9 Å². The molecule has 0 spiro atoms. The van der Waals surface area contributed by atoms with Crippen LogP contribution in [-0.4, -0.2) is 0 Å². The molecule has 1 nitrogen and oxygen atoms in total. The molecule has 0 amide bonds. The second-order valence-corrected chi connectivity index (χ2v) is 6.97. The Morgan fingerprint density at radius 3 is 2.67 bits per heavy atom. The van der Waals surface area contributed by atoms with Crippen LogP contribution in [-0.2, 0) is 6.54 Å². The van der Waals surface area contributed by atoms with E-state index in [0.717, 1.165) is 11.0 Å². The van der Waals surface area contributed by atoms with Crippen molar-refractivity contribution in [2.75, 3.05) is 0 Å². The molecule has 1 atom stereocenters. The molecule has 0 saturated heterocycles. The Morgan fingerprint density at radius 1 is 1.28 bits per heavy atom. The number of halogens is 1. The summed E-state index contributed by atoms with van der Waals surface area (Å²) in [4.78, 5) is 2.81. The second-order valence-electron chi connectivity index (χ2n) is 4.60. The van der Waals surface area contributed by atoms with Gasteiger partial charge in [-0.15, -0.1) is 11.3 Å². The molecule has 18 heavy (non-hydrogen) atoms. The lowest BCUT2D eigenvalue weighted by Gasteiger charge is -2.14. The van der Waals surface area contributed by atoms with Gasteiger partial charge >= 0.3 is 0 Å². The number of nitrogens with one attached hydrogen (secondary N) is 1. The van der Waals surface area contributed by atoms with Crippen molar-refractivity contribution in [3.05, 3.63) is 55.7 Å². The van der Waals surface area contributed by atoms with Crippen molar-refractivity contribution in [2.45, 2.75) is 33.4 Å². The van der Waals surface area contributed by atoms with Gasteiger partial charge in [0.05, 0.1) is 0 Å². The monoisotopic (exact) mass is 323 g/mol. The van der Waals surface area contributed by atoms with Crippen molar-refractivity contribution in [3.8, 4) is 0 Å². The van der Waals surface area contributed by atoms with Crippen LogP contribution in [0.25, 0.3) is 0 Å². The van der Waals surface area contributed by atoms with Crippen LogP contribution in [0.2, 0.25) is 0 Å². The highest BCUT2D eigenvalue weighted by atomic mass is 79.9. The van der Waals surface area contributed by atoms with Crippen LogP contribution < -0.4 is 5.32 Å². The van der Waals surface area contributed by atoms with Crippen LogP contribution in [0, 0.1) is 13.8 Å². The summed E-state index contributed by atoms with van der Waals surface area (Å²) in [5, 5.41) is 3.58. The van der Waals surface area contributed by atoms with Gasteiger partial charge in [-0.2, -0.15) is 0 Å². The van der Waals surface area contributed by atoms with Crippen molar-refractivity contribution < 1.29 is 0 Å². The average Bonchev–Trinajstić information content (AvgIpc) is 2.65. The van der Waals surface area contributed by atoms with Gasteiger partial charge in [-0.3, -0.25) is 0 Å². The van der Waals surface area contributed by atoms with Crippen molar-refractivity contribution in [1.29, 1.82) is 0 Å². The molecule has 2 aromatic rings. The number of hydrogen-bond acceptors (Lipinski definition) is 2. The molecule has 1 aromatic heterocycles. The summed E-state index contributed by atoms with van der Waals surface area (Å²) in [7, 11) is 0. The molecule has 3 heteroatoms. The van der Waals surface area contributed by atoms with Gasteiger partial charge < -0.3 is 5.32 Å². The molecule has 0 unspecified atom stereocenters. The SMILES string of the molecule is Cc1cc(CN[C@H](C)c2cccc(Br)c2)c(C)s1. The molecular formula is C15H18BrNS. The second kappa shape index (κ2) is 6.00. The third-order valence-electron chi connectivity index (χ3n) is 3.09. The zero-order chi connectivity index (χ0) is 13.1. The number of thiophene rings is 1. The van der Waals surface area contributed by atoms with Crippen molar-refractivity contribution in [2.24, 2.45) is 0 Å². The van der Waals surface area contributed by atoms with Gasteiger partial charge in [-0.1, -0.05) is 28.1 Å². The van der Waals surface area contributed by atoms with E-state index in [9.17, 15) is 0 Å². The van der Waals surface area contributed by atoms with E-state index in [-0.39, 0.29) is 0 Å². The lowest BCUT2D eigenvalue weighted by molar-refractivity contribution is 0.574. The van der Waals surface area contributed by atoms with Crippen molar-refractivity contribution in [3.63, 3.8) is 0 Å². The van der Waals surface area contributed by atoms with E-state index in [2.05, 4.69) is 72.3 Å². The Kier molecular flexibility index (Phi) is 4.60. The minimum Gasteiger partial charge on any atom is -0.306 e. The zero-order valence-corrected chi connectivity index (χ0v) is 13.4. The first kappa shape index (κ1) is 13.8. The molecule has 96 valence electrons.